The number of sulfonamides is 1. The molecule has 0 aliphatic rings. The molecule has 0 spiro atoms. The molecule has 0 atom stereocenters. The van der Waals surface area contributed by atoms with Crippen molar-refractivity contribution in [2.45, 2.75) is 18.0 Å². The minimum atomic E-state index is -3.55. The molecule has 108 valence electrons. The van der Waals surface area contributed by atoms with Crippen LogP contribution in [-0.4, -0.2) is 8.42 Å². The third-order valence-electron chi connectivity index (χ3n) is 2.58. The van der Waals surface area contributed by atoms with Crippen LogP contribution in [0, 0.1) is 0 Å². The zero-order chi connectivity index (χ0) is 14.8. The first kappa shape index (κ1) is 16.1. The number of rotatable bonds is 5. The van der Waals surface area contributed by atoms with Gasteiger partial charge in [-0.25, -0.2) is 13.1 Å². The Balaban J connectivity index is 2.18. The van der Waals surface area contributed by atoms with Gasteiger partial charge in [0, 0.05) is 32.3 Å². The molecule has 1 aromatic heterocycles. The molecule has 2 aromatic rings. The predicted octanol–water partition coefficient (Wildman–Crippen LogP) is 3.21. The van der Waals surface area contributed by atoms with E-state index in [4.69, 9.17) is 5.73 Å². The molecule has 0 aliphatic carbocycles. The lowest BCUT2D eigenvalue weighted by atomic mass is 10.2. The fourth-order valence-electron chi connectivity index (χ4n) is 1.58. The second-order valence-electron chi connectivity index (χ2n) is 4.02. The lowest BCUT2D eigenvalue weighted by Gasteiger charge is -2.09. The summed E-state index contributed by atoms with van der Waals surface area (Å²) in [6.45, 7) is 0.638. The smallest absolute Gasteiger partial charge is 0.242 e. The van der Waals surface area contributed by atoms with E-state index in [1.165, 1.54) is 11.3 Å². The van der Waals surface area contributed by atoms with Gasteiger partial charge in [-0.1, -0.05) is 6.07 Å². The van der Waals surface area contributed by atoms with E-state index < -0.39 is 10.0 Å². The summed E-state index contributed by atoms with van der Waals surface area (Å²) in [4.78, 5) is 1.15. The van der Waals surface area contributed by atoms with Gasteiger partial charge in [-0.15, -0.1) is 11.3 Å². The number of hydrogen-bond donors (Lipinski definition) is 2. The van der Waals surface area contributed by atoms with Crippen molar-refractivity contribution >= 4 is 53.2 Å². The number of hydrogen-bond acceptors (Lipinski definition) is 4. The summed E-state index contributed by atoms with van der Waals surface area (Å²) in [5, 5.41) is 1.91. The van der Waals surface area contributed by atoms with Gasteiger partial charge in [0.15, 0.2) is 0 Å². The third kappa shape index (κ3) is 3.90. The van der Waals surface area contributed by atoms with Crippen molar-refractivity contribution in [1.29, 1.82) is 0 Å². The maximum Gasteiger partial charge on any atom is 0.242 e. The van der Waals surface area contributed by atoms with Gasteiger partial charge in [-0.3, -0.25) is 0 Å². The van der Waals surface area contributed by atoms with Crippen LogP contribution in [0.2, 0.25) is 0 Å². The number of benzene rings is 1. The van der Waals surface area contributed by atoms with Crippen LogP contribution in [0.3, 0.4) is 0 Å². The Hall–Kier alpha value is -0.250. The monoisotopic (exact) mass is 438 g/mol. The molecule has 0 aliphatic heterocycles. The van der Waals surface area contributed by atoms with Crippen LogP contribution in [0.5, 0.6) is 0 Å². The molecule has 0 unspecified atom stereocenters. The zero-order valence-corrected chi connectivity index (χ0v) is 15.1. The van der Waals surface area contributed by atoms with Crippen LogP contribution in [0.15, 0.2) is 43.5 Å². The summed E-state index contributed by atoms with van der Waals surface area (Å²) in [5.41, 5.74) is 6.40. The Labute approximate surface area is 138 Å². The zero-order valence-electron chi connectivity index (χ0n) is 10.3. The van der Waals surface area contributed by atoms with E-state index in [2.05, 4.69) is 36.6 Å². The molecule has 0 saturated carbocycles. The lowest BCUT2D eigenvalue weighted by Crippen LogP contribution is -2.23. The highest BCUT2D eigenvalue weighted by molar-refractivity contribution is 9.10. The number of nitrogens with one attached hydrogen (secondary N) is 1. The van der Waals surface area contributed by atoms with Gasteiger partial charge >= 0.3 is 0 Å². The maximum absolute atomic E-state index is 12.3. The molecule has 0 bridgehead atoms. The van der Waals surface area contributed by atoms with E-state index >= 15 is 0 Å². The number of halogens is 2. The Morgan fingerprint density at radius 1 is 1.25 bits per heavy atom. The highest BCUT2D eigenvalue weighted by atomic mass is 79.9. The Morgan fingerprint density at radius 2 is 2.00 bits per heavy atom. The van der Waals surface area contributed by atoms with Gasteiger partial charge in [0.25, 0.3) is 0 Å². The summed E-state index contributed by atoms with van der Waals surface area (Å²) in [5.74, 6) is 0. The van der Waals surface area contributed by atoms with Crippen molar-refractivity contribution in [3.63, 3.8) is 0 Å². The molecule has 1 aromatic carbocycles. The topological polar surface area (TPSA) is 72.2 Å². The van der Waals surface area contributed by atoms with Crippen LogP contribution in [-0.2, 0) is 23.1 Å². The highest BCUT2D eigenvalue weighted by Crippen LogP contribution is 2.24. The molecule has 20 heavy (non-hydrogen) atoms. The van der Waals surface area contributed by atoms with Crippen molar-refractivity contribution in [3.05, 3.63) is 49.0 Å². The van der Waals surface area contributed by atoms with E-state index in [1.54, 1.807) is 18.2 Å². The summed E-state index contributed by atoms with van der Waals surface area (Å²) in [6.07, 6.45) is 0. The summed E-state index contributed by atoms with van der Waals surface area (Å²) < 4.78 is 28.6. The average molecular weight is 440 g/mol. The van der Waals surface area contributed by atoms with E-state index in [9.17, 15) is 8.42 Å². The highest BCUT2D eigenvalue weighted by Gasteiger charge is 2.17. The SMILES string of the molecule is NCc1ccc(S(=O)(=O)NCc2cc(Br)cs2)c(Br)c1. The summed E-state index contributed by atoms with van der Waals surface area (Å²) in [6, 6.07) is 6.87. The van der Waals surface area contributed by atoms with Gasteiger partial charge in [-0.05, 0) is 55.6 Å². The molecule has 0 saturated heterocycles. The molecule has 2 rings (SSSR count). The Kier molecular flexibility index (Phi) is 5.38. The van der Waals surface area contributed by atoms with Gasteiger partial charge < -0.3 is 5.73 Å². The first-order valence-electron chi connectivity index (χ1n) is 5.63. The predicted molar refractivity (Wildman–Crippen MR) is 88.1 cm³/mol. The first-order chi connectivity index (χ1) is 9.42. The lowest BCUT2D eigenvalue weighted by molar-refractivity contribution is 0.581. The second-order valence-corrected chi connectivity index (χ2v) is 8.53. The largest absolute Gasteiger partial charge is 0.326 e. The number of nitrogens with two attached hydrogens (primary N) is 1. The quantitative estimate of drug-likeness (QED) is 0.751. The molecule has 8 heteroatoms. The van der Waals surface area contributed by atoms with Crippen molar-refractivity contribution in [1.82, 2.24) is 4.72 Å². The average Bonchev–Trinajstić information content (AvgIpc) is 2.82. The second kappa shape index (κ2) is 6.67. The molecule has 0 amide bonds. The van der Waals surface area contributed by atoms with E-state index in [-0.39, 0.29) is 11.4 Å². The van der Waals surface area contributed by atoms with Crippen LogP contribution >= 0.6 is 43.2 Å². The van der Waals surface area contributed by atoms with Crippen molar-refractivity contribution in [2.75, 3.05) is 0 Å². The van der Waals surface area contributed by atoms with Crippen molar-refractivity contribution < 1.29 is 8.42 Å². The van der Waals surface area contributed by atoms with Gasteiger partial charge in [0.2, 0.25) is 10.0 Å². The van der Waals surface area contributed by atoms with Gasteiger partial charge in [-0.2, -0.15) is 0 Å². The third-order valence-corrected chi connectivity index (χ3v) is 6.66. The molecule has 3 N–H and O–H groups in total. The fourth-order valence-corrected chi connectivity index (χ4v) is 5.19. The molecule has 0 radical (unpaired) electrons. The number of thiophene rings is 1. The Morgan fingerprint density at radius 3 is 2.55 bits per heavy atom. The van der Waals surface area contributed by atoms with Crippen LogP contribution in [0.1, 0.15) is 10.4 Å². The van der Waals surface area contributed by atoms with Crippen LogP contribution in [0.25, 0.3) is 0 Å². The van der Waals surface area contributed by atoms with E-state index in [1.807, 2.05) is 11.4 Å². The van der Waals surface area contributed by atoms with E-state index in [0.29, 0.717) is 11.0 Å². The fraction of sp³-hybridized carbons (Fsp3) is 0.167. The van der Waals surface area contributed by atoms with Crippen molar-refractivity contribution in [3.8, 4) is 0 Å². The minimum absolute atomic E-state index is 0.213. The summed E-state index contributed by atoms with van der Waals surface area (Å²) in [7, 11) is -3.55. The Bertz CT molecular complexity index is 714. The normalized spacial score (nSPS) is 11.8. The van der Waals surface area contributed by atoms with E-state index in [0.717, 1.165) is 14.9 Å². The minimum Gasteiger partial charge on any atom is -0.326 e. The van der Waals surface area contributed by atoms with Gasteiger partial charge in [0.1, 0.15) is 0 Å². The van der Waals surface area contributed by atoms with Crippen LogP contribution in [0.4, 0.5) is 0 Å². The van der Waals surface area contributed by atoms with Crippen molar-refractivity contribution in [2.24, 2.45) is 5.73 Å². The molecule has 4 nitrogen and oxygen atoms in total. The molecular formula is C12H12Br2N2O2S2. The first-order valence-corrected chi connectivity index (χ1v) is 9.58. The molecular weight excluding hydrogens is 428 g/mol. The molecule has 0 fully saturated rings. The summed E-state index contributed by atoms with van der Waals surface area (Å²) >= 11 is 8.11. The van der Waals surface area contributed by atoms with Crippen LogP contribution < -0.4 is 10.5 Å². The molecule has 1 heterocycles. The maximum atomic E-state index is 12.3. The van der Waals surface area contributed by atoms with Gasteiger partial charge in [0.05, 0.1) is 4.90 Å². The standard InChI is InChI=1S/C12H12Br2N2O2S2/c13-9-4-10(19-7-9)6-16-20(17,18)12-2-1-8(5-15)3-11(12)14/h1-4,7,16H,5-6,15H2.